The quantitative estimate of drug-likeness (QED) is 0.867. The molecule has 0 amide bonds. The molecule has 1 aromatic carbocycles. The Morgan fingerprint density at radius 3 is 2.29 bits per heavy atom. The molecule has 0 atom stereocenters. The van der Waals surface area contributed by atoms with E-state index in [-0.39, 0.29) is 6.10 Å². The van der Waals surface area contributed by atoms with E-state index in [0.717, 1.165) is 32.5 Å². The van der Waals surface area contributed by atoms with E-state index in [1.165, 1.54) is 11.1 Å². The van der Waals surface area contributed by atoms with Crippen LogP contribution >= 0.6 is 0 Å². The second kappa shape index (κ2) is 5.65. The standard InChI is InChI=1S/C15H23NO/c1-12(2)14-5-3-13(4-6-14)11-16-9-7-15(17)8-10-16/h3-6,12,15,17H,7-11H2,1-2H3. The summed E-state index contributed by atoms with van der Waals surface area (Å²) in [5, 5.41) is 9.46. The zero-order valence-electron chi connectivity index (χ0n) is 10.9. The first-order chi connectivity index (χ1) is 8.15. The molecule has 2 nitrogen and oxygen atoms in total. The van der Waals surface area contributed by atoms with Gasteiger partial charge in [0.1, 0.15) is 0 Å². The van der Waals surface area contributed by atoms with Crippen LogP contribution in [0.1, 0.15) is 43.7 Å². The smallest absolute Gasteiger partial charge is 0.0564 e. The molecule has 1 fully saturated rings. The molecule has 1 aromatic rings. The van der Waals surface area contributed by atoms with Crippen molar-refractivity contribution < 1.29 is 5.11 Å². The topological polar surface area (TPSA) is 23.5 Å². The largest absolute Gasteiger partial charge is 0.393 e. The van der Waals surface area contributed by atoms with Crippen molar-refractivity contribution in [1.29, 1.82) is 0 Å². The number of hydrogen-bond acceptors (Lipinski definition) is 2. The lowest BCUT2D eigenvalue weighted by molar-refractivity contribution is 0.0792. The van der Waals surface area contributed by atoms with Gasteiger partial charge >= 0.3 is 0 Å². The van der Waals surface area contributed by atoms with Crippen molar-refractivity contribution in [2.75, 3.05) is 13.1 Å². The van der Waals surface area contributed by atoms with Crippen LogP contribution in [0.3, 0.4) is 0 Å². The summed E-state index contributed by atoms with van der Waals surface area (Å²) in [4.78, 5) is 2.43. The molecule has 0 unspecified atom stereocenters. The minimum Gasteiger partial charge on any atom is -0.393 e. The molecule has 17 heavy (non-hydrogen) atoms. The van der Waals surface area contributed by atoms with Crippen molar-refractivity contribution in [1.82, 2.24) is 4.90 Å². The lowest BCUT2D eigenvalue weighted by atomic mass is 10.0. The fourth-order valence-corrected chi connectivity index (χ4v) is 2.34. The van der Waals surface area contributed by atoms with Gasteiger partial charge < -0.3 is 5.11 Å². The number of nitrogens with zero attached hydrogens (tertiary/aromatic N) is 1. The highest BCUT2D eigenvalue weighted by Gasteiger charge is 2.16. The first-order valence-electron chi connectivity index (χ1n) is 6.64. The molecule has 1 heterocycles. The summed E-state index contributed by atoms with van der Waals surface area (Å²) in [5.74, 6) is 0.606. The summed E-state index contributed by atoms with van der Waals surface area (Å²) in [7, 11) is 0. The number of likely N-dealkylation sites (tertiary alicyclic amines) is 1. The van der Waals surface area contributed by atoms with Gasteiger partial charge in [0.15, 0.2) is 0 Å². The predicted molar refractivity (Wildman–Crippen MR) is 71.0 cm³/mol. The minimum absolute atomic E-state index is 0.0745. The van der Waals surface area contributed by atoms with Crippen molar-refractivity contribution >= 4 is 0 Å². The van der Waals surface area contributed by atoms with Gasteiger partial charge in [0, 0.05) is 19.6 Å². The fraction of sp³-hybridized carbons (Fsp3) is 0.600. The molecule has 1 aliphatic heterocycles. The maximum Gasteiger partial charge on any atom is 0.0564 e. The Morgan fingerprint density at radius 2 is 1.76 bits per heavy atom. The highest BCUT2D eigenvalue weighted by molar-refractivity contribution is 5.24. The van der Waals surface area contributed by atoms with E-state index >= 15 is 0 Å². The molecule has 0 radical (unpaired) electrons. The fourth-order valence-electron chi connectivity index (χ4n) is 2.34. The van der Waals surface area contributed by atoms with Crippen LogP contribution in [0.4, 0.5) is 0 Å². The third-order valence-corrected chi connectivity index (χ3v) is 3.61. The summed E-state index contributed by atoms with van der Waals surface area (Å²) in [6, 6.07) is 8.94. The van der Waals surface area contributed by atoms with Gasteiger partial charge in [-0.2, -0.15) is 0 Å². The van der Waals surface area contributed by atoms with Gasteiger partial charge in [-0.3, -0.25) is 4.90 Å². The van der Waals surface area contributed by atoms with E-state index in [2.05, 4.69) is 43.0 Å². The van der Waals surface area contributed by atoms with E-state index in [0.29, 0.717) is 5.92 Å². The number of aliphatic hydroxyl groups excluding tert-OH is 1. The Morgan fingerprint density at radius 1 is 1.18 bits per heavy atom. The molecular weight excluding hydrogens is 210 g/mol. The summed E-state index contributed by atoms with van der Waals surface area (Å²) in [5.41, 5.74) is 2.79. The number of piperidine rings is 1. The summed E-state index contributed by atoms with van der Waals surface area (Å²) < 4.78 is 0. The van der Waals surface area contributed by atoms with Gasteiger partial charge in [-0.1, -0.05) is 38.1 Å². The third kappa shape index (κ3) is 3.55. The molecule has 1 N–H and O–H groups in total. The normalized spacial score (nSPS) is 18.8. The lowest BCUT2D eigenvalue weighted by Crippen LogP contribution is -2.35. The number of rotatable bonds is 3. The monoisotopic (exact) mass is 233 g/mol. The van der Waals surface area contributed by atoms with E-state index in [4.69, 9.17) is 0 Å². The molecule has 2 rings (SSSR count). The molecule has 1 aliphatic rings. The SMILES string of the molecule is CC(C)c1ccc(CN2CCC(O)CC2)cc1. The predicted octanol–water partition coefficient (Wildman–Crippen LogP) is 2.77. The third-order valence-electron chi connectivity index (χ3n) is 3.61. The van der Waals surface area contributed by atoms with E-state index in [1.807, 2.05) is 0 Å². The maximum atomic E-state index is 9.46. The molecule has 0 aromatic heterocycles. The van der Waals surface area contributed by atoms with Crippen LogP contribution in [0.15, 0.2) is 24.3 Å². The first-order valence-corrected chi connectivity index (χ1v) is 6.64. The van der Waals surface area contributed by atoms with Gasteiger partial charge in [-0.05, 0) is 29.9 Å². The number of aliphatic hydroxyl groups is 1. The molecule has 0 aliphatic carbocycles. The van der Waals surface area contributed by atoms with Gasteiger partial charge in [-0.25, -0.2) is 0 Å². The van der Waals surface area contributed by atoms with E-state index in [1.54, 1.807) is 0 Å². The van der Waals surface area contributed by atoms with Gasteiger partial charge in [0.25, 0.3) is 0 Å². The van der Waals surface area contributed by atoms with Gasteiger partial charge in [-0.15, -0.1) is 0 Å². The summed E-state index contributed by atoms with van der Waals surface area (Å²) in [6.45, 7) is 7.51. The highest BCUT2D eigenvalue weighted by atomic mass is 16.3. The van der Waals surface area contributed by atoms with Crippen LogP contribution in [0.2, 0.25) is 0 Å². The van der Waals surface area contributed by atoms with Gasteiger partial charge in [0.2, 0.25) is 0 Å². The van der Waals surface area contributed by atoms with Crippen LogP contribution < -0.4 is 0 Å². The van der Waals surface area contributed by atoms with E-state index in [9.17, 15) is 5.11 Å². The van der Waals surface area contributed by atoms with Crippen LogP contribution in [0.25, 0.3) is 0 Å². The molecule has 1 saturated heterocycles. The van der Waals surface area contributed by atoms with Crippen molar-refractivity contribution in [3.8, 4) is 0 Å². The molecular formula is C15H23NO. The first kappa shape index (κ1) is 12.6. The van der Waals surface area contributed by atoms with Gasteiger partial charge in [0.05, 0.1) is 6.10 Å². The Hall–Kier alpha value is -0.860. The van der Waals surface area contributed by atoms with Crippen molar-refractivity contribution in [3.05, 3.63) is 35.4 Å². The van der Waals surface area contributed by atoms with Crippen LogP contribution in [0, 0.1) is 0 Å². The number of hydrogen-bond donors (Lipinski definition) is 1. The second-order valence-electron chi connectivity index (χ2n) is 5.40. The Labute approximate surface area is 104 Å². The van der Waals surface area contributed by atoms with Crippen LogP contribution in [-0.4, -0.2) is 29.2 Å². The average molecular weight is 233 g/mol. The van der Waals surface area contributed by atoms with Crippen molar-refractivity contribution in [3.63, 3.8) is 0 Å². The maximum absolute atomic E-state index is 9.46. The van der Waals surface area contributed by atoms with Crippen molar-refractivity contribution in [2.24, 2.45) is 0 Å². The minimum atomic E-state index is -0.0745. The van der Waals surface area contributed by atoms with Crippen molar-refractivity contribution in [2.45, 2.75) is 45.3 Å². The lowest BCUT2D eigenvalue weighted by Gasteiger charge is -2.29. The molecule has 2 heteroatoms. The Kier molecular flexibility index (Phi) is 4.19. The van der Waals surface area contributed by atoms with Crippen LogP contribution in [0.5, 0.6) is 0 Å². The molecule has 0 saturated carbocycles. The Bertz CT molecular complexity index is 336. The second-order valence-corrected chi connectivity index (χ2v) is 5.40. The summed E-state index contributed by atoms with van der Waals surface area (Å²) >= 11 is 0. The van der Waals surface area contributed by atoms with Crippen LogP contribution in [-0.2, 0) is 6.54 Å². The molecule has 0 spiro atoms. The zero-order valence-corrected chi connectivity index (χ0v) is 10.9. The Balaban J connectivity index is 1.90. The average Bonchev–Trinajstić information content (AvgIpc) is 2.33. The highest BCUT2D eigenvalue weighted by Crippen LogP contribution is 2.17. The van der Waals surface area contributed by atoms with E-state index < -0.39 is 0 Å². The molecule has 0 bridgehead atoms. The zero-order chi connectivity index (χ0) is 12.3. The molecule has 94 valence electrons. The number of benzene rings is 1. The summed E-state index contributed by atoms with van der Waals surface area (Å²) in [6.07, 6.45) is 1.77.